The Bertz CT molecular complexity index is 275. The molecule has 3 unspecified atom stereocenters. The molecule has 0 bridgehead atoms. The number of carboxylic acids is 1. The summed E-state index contributed by atoms with van der Waals surface area (Å²) >= 11 is 0. The molecule has 0 heterocycles. The molecule has 1 N–H and O–H groups in total. The minimum atomic E-state index is -0.668. The molecule has 1 aliphatic rings. The molecular formula is C14H27NO2. The van der Waals surface area contributed by atoms with Crippen LogP contribution in [0.1, 0.15) is 46.5 Å². The van der Waals surface area contributed by atoms with Gasteiger partial charge in [0.15, 0.2) is 0 Å². The van der Waals surface area contributed by atoms with E-state index < -0.39 is 5.97 Å². The van der Waals surface area contributed by atoms with Gasteiger partial charge in [-0.2, -0.15) is 0 Å². The van der Waals surface area contributed by atoms with Crippen LogP contribution in [0, 0.1) is 17.8 Å². The molecule has 0 aliphatic heterocycles. The summed E-state index contributed by atoms with van der Waals surface area (Å²) in [5.41, 5.74) is -0.155. The number of nitrogens with zero attached hydrogens (tertiary/aromatic N) is 1. The highest BCUT2D eigenvalue weighted by atomic mass is 16.4. The number of carbonyl (C=O) groups is 1. The first kappa shape index (κ1) is 14.5. The molecule has 0 aromatic heterocycles. The molecule has 100 valence electrons. The minimum Gasteiger partial charge on any atom is -0.481 e. The molecule has 0 spiro atoms. The largest absolute Gasteiger partial charge is 0.481 e. The maximum Gasteiger partial charge on any atom is 0.305 e. The fraction of sp³-hybridized carbons (Fsp3) is 0.929. The van der Waals surface area contributed by atoms with Gasteiger partial charge in [-0.3, -0.25) is 4.79 Å². The predicted molar refractivity (Wildman–Crippen MR) is 70.0 cm³/mol. The lowest BCUT2D eigenvalue weighted by Gasteiger charge is -2.51. The van der Waals surface area contributed by atoms with Crippen molar-refractivity contribution in [2.75, 3.05) is 14.1 Å². The third kappa shape index (κ3) is 3.01. The molecule has 1 aliphatic carbocycles. The van der Waals surface area contributed by atoms with Gasteiger partial charge in [-0.25, -0.2) is 0 Å². The highest BCUT2D eigenvalue weighted by molar-refractivity contribution is 5.68. The van der Waals surface area contributed by atoms with Crippen molar-refractivity contribution in [2.45, 2.75) is 52.0 Å². The predicted octanol–water partition coefficient (Wildman–Crippen LogP) is 2.85. The number of carboxylic acid groups (broad SMARTS) is 1. The Labute approximate surface area is 105 Å². The monoisotopic (exact) mass is 241 g/mol. The van der Waals surface area contributed by atoms with E-state index in [4.69, 9.17) is 0 Å². The van der Waals surface area contributed by atoms with Gasteiger partial charge in [0, 0.05) is 5.54 Å². The van der Waals surface area contributed by atoms with Gasteiger partial charge in [-0.15, -0.1) is 0 Å². The summed E-state index contributed by atoms with van der Waals surface area (Å²) in [6.45, 7) is 6.69. The third-order valence-corrected chi connectivity index (χ3v) is 4.52. The Hall–Kier alpha value is -0.570. The second-order valence-corrected chi connectivity index (χ2v) is 6.31. The molecule has 0 saturated heterocycles. The van der Waals surface area contributed by atoms with E-state index in [2.05, 4.69) is 25.7 Å². The van der Waals surface area contributed by atoms with E-state index in [-0.39, 0.29) is 12.0 Å². The lowest BCUT2D eigenvalue weighted by Crippen LogP contribution is -2.56. The molecule has 3 atom stereocenters. The summed E-state index contributed by atoms with van der Waals surface area (Å²) in [6.07, 6.45) is 3.67. The SMILES string of the molecule is CC1CCC(C(C)C)C(CC(=O)O)(N(C)C)C1. The number of hydrogen-bond donors (Lipinski definition) is 1. The first-order valence-corrected chi connectivity index (χ1v) is 6.69. The maximum absolute atomic E-state index is 11.2. The summed E-state index contributed by atoms with van der Waals surface area (Å²) in [6, 6.07) is 0. The average Bonchev–Trinajstić information content (AvgIpc) is 2.15. The first-order valence-electron chi connectivity index (χ1n) is 6.69. The zero-order valence-corrected chi connectivity index (χ0v) is 11.9. The standard InChI is InChI=1S/C14H27NO2/c1-10(2)12-7-6-11(3)8-14(12,15(4)5)9-13(16)17/h10-12H,6-9H2,1-5H3,(H,16,17). The number of rotatable bonds is 4. The zero-order valence-electron chi connectivity index (χ0n) is 11.9. The van der Waals surface area contributed by atoms with Gasteiger partial charge < -0.3 is 10.0 Å². The van der Waals surface area contributed by atoms with Crippen LogP contribution in [0.25, 0.3) is 0 Å². The van der Waals surface area contributed by atoms with E-state index in [1.54, 1.807) is 0 Å². The van der Waals surface area contributed by atoms with Crippen molar-refractivity contribution >= 4 is 5.97 Å². The Kier molecular flexibility index (Phi) is 4.59. The molecule has 1 fully saturated rings. The lowest BCUT2D eigenvalue weighted by molar-refractivity contribution is -0.143. The van der Waals surface area contributed by atoms with Crippen LogP contribution in [-0.2, 0) is 4.79 Å². The Morgan fingerprint density at radius 1 is 1.41 bits per heavy atom. The van der Waals surface area contributed by atoms with Crippen LogP contribution in [0.2, 0.25) is 0 Å². The van der Waals surface area contributed by atoms with E-state index in [1.165, 1.54) is 6.42 Å². The molecular weight excluding hydrogens is 214 g/mol. The van der Waals surface area contributed by atoms with Gasteiger partial charge in [-0.1, -0.05) is 27.2 Å². The van der Waals surface area contributed by atoms with Crippen LogP contribution < -0.4 is 0 Å². The second kappa shape index (κ2) is 5.38. The summed E-state index contributed by atoms with van der Waals surface area (Å²) in [7, 11) is 4.08. The number of hydrogen-bond acceptors (Lipinski definition) is 2. The van der Waals surface area contributed by atoms with Crippen LogP contribution in [-0.4, -0.2) is 35.6 Å². The van der Waals surface area contributed by atoms with Crippen molar-refractivity contribution in [1.29, 1.82) is 0 Å². The van der Waals surface area contributed by atoms with Crippen molar-refractivity contribution < 1.29 is 9.90 Å². The second-order valence-electron chi connectivity index (χ2n) is 6.31. The Morgan fingerprint density at radius 3 is 2.41 bits per heavy atom. The molecule has 1 saturated carbocycles. The van der Waals surface area contributed by atoms with E-state index in [0.29, 0.717) is 17.8 Å². The molecule has 0 radical (unpaired) electrons. The highest BCUT2D eigenvalue weighted by Gasteiger charge is 2.47. The van der Waals surface area contributed by atoms with E-state index in [9.17, 15) is 9.90 Å². The van der Waals surface area contributed by atoms with Crippen LogP contribution in [0.3, 0.4) is 0 Å². The Balaban J connectivity index is 3.05. The molecule has 0 amide bonds. The quantitative estimate of drug-likeness (QED) is 0.822. The van der Waals surface area contributed by atoms with Crippen LogP contribution in [0.15, 0.2) is 0 Å². The summed E-state index contributed by atoms with van der Waals surface area (Å²) in [5.74, 6) is 0.999. The molecule has 0 aromatic rings. The fourth-order valence-corrected chi connectivity index (χ4v) is 3.68. The van der Waals surface area contributed by atoms with Crippen molar-refractivity contribution in [3.05, 3.63) is 0 Å². The topological polar surface area (TPSA) is 40.5 Å². The fourth-order valence-electron chi connectivity index (χ4n) is 3.68. The van der Waals surface area contributed by atoms with E-state index in [1.807, 2.05) is 14.1 Å². The summed E-state index contributed by atoms with van der Waals surface area (Å²) in [5, 5.41) is 9.24. The zero-order chi connectivity index (χ0) is 13.2. The van der Waals surface area contributed by atoms with Crippen molar-refractivity contribution in [2.24, 2.45) is 17.8 Å². The molecule has 3 nitrogen and oxygen atoms in total. The summed E-state index contributed by atoms with van der Waals surface area (Å²) < 4.78 is 0. The third-order valence-electron chi connectivity index (χ3n) is 4.52. The van der Waals surface area contributed by atoms with E-state index in [0.717, 1.165) is 12.8 Å². The Morgan fingerprint density at radius 2 is 2.00 bits per heavy atom. The lowest BCUT2D eigenvalue weighted by atomic mass is 9.63. The van der Waals surface area contributed by atoms with Gasteiger partial charge in [0.2, 0.25) is 0 Å². The molecule has 3 heteroatoms. The smallest absolute Gasteiger partial charge is 0.305 e. The highest BCUT2D eigenvalue weighted by Crippen LogP contribution is 2.45. The van der Waals surface area contributed by atoms with Crippen molar-refractivity contribution in [3.8, 4) is 0 Å². The van der Waals surface area contributed by atoms with Gasteiger partial charge in [0.25, 0.3) is 0 Å². The summed E-state index contributed by atoms with van der Waals surface area (Å²) in [4.78, 5) is 13.4. The normalized spacial score (nSPS) is 34.3. The van der Waals surface area contributed by atoms with Crippen LogP contribution in [0.4, 0.5) is 0 Å². The first-order chi connectivity index (χ1) is 7.79. The average molecular weight is 241 g/mol. The molecule has 17 heavy (non-hydrogen) atoms. The maximum atomic E-state index is 11.2. The van der Waals surface area contributed by atoms with Gasteiger partial charge in [0.05, 0.1) is 6.42 Å². The van der Waals surface area contributed by atoms with Gasteiger partial charge in [0.1, 0.15) is 0 Å². The van der Waals surface area contributed by atoms with Gasteiger partial charge >= 0.3 is 5.97 Å². The van der Waals surface area contributed by atoms with Crippen LogP contribution in [0.5, 0.6) is 0 Å². The molecule has 1 rings (SSSR count). The van der Waals surface area contributed by atoms with E-state index >= 15 is 0 Å². The molecule has 0 aromatic carbocycles. The van der Waals surface area contributed by atoms with Crippen molar-refractivity contribution in [3.63, 3.8) is 0 Å². The minimum absolute atomic E-state index is 0.155. The van der Waals surface area contributed by atoms with Gasteiger partial charge in [-0.05, 0) is 44.7 Å². The van der Waals surface area contributed by atoms with Crippen LogP contribution >= 0.6 is 0 Å². The van der Waals surface area contributed by atoms with Crippen molar-refractivity contribution in [1.82, 2.24) is 4.90 Å². The number of aliphatic carboxylic acids is 1.